The zero-order valence-corrected chi connectivity index (χ0v) is 21.0. The summed E-state index contributed by atoms with van der Waals surface area (Å²) in [6, 6.07) is 8.48. The van der Waals surface area contributed by atoms with Crippen molar-refractivity contribution in [3.8, 4) is 0 Å². The van der Waals surface area contributed by atoms with Gasteiger partial charge >= 0.3 is 0 Å². The Balaban J connectivity index is 1.58. The van der Waals surface area contributed by atoms with Crippen LogP contribution in [0.5, 0.6) is 0 Å². The first-order valence-corrected chi connectivity index (χ1v) is 13.0. The van der Waals surface area contributed by atoms with Gasteiger partial charge in [-0.25, -0.2) is 0 Å². The lowest BCUT2D eigenvalue weighted by Gasteiger charge is -2.37. The molecule has 2 fully saturated rings. The Morgan fingerprint density at radius 2 is 1.69 bits per heavy atom. The number of hydrogen-bond acceptors (Lipinski definition) is 5. The first-order valence-electron chi connectivity index (χ1n) is 13.0. The minimum Gasteiger partial charge on any atom is -0.395 e. The highest BCUT2D eigenvalue weighted by Gasteiger charge is 2.74. The number of amides is 3. The van der Waals surface area contributed by atoms with Crippen LogP contribution in [0.3, 0.4) is 0 Å². The van der Waals surface area contributed by atoms with Crippen LogP contribution in [0.25, 0.3) is 0 Å². The number of para-hydroxylation sites is 1. The van der Waals surface area contributed by atoms with Gasteiger partial charge in [0.25, 0.3) is 0 Å². The van der Waals surface area contributed by atoms with Crippen molar-refractivity contribution >= 4 is 23.4 Å². The molecular formula is C28H35N3O5. The van der Waals surface area contributed by atoms with Crippen molar-refractivity contribution in [2.24, 2.45) is 11.8 Å². The number of carbonyl (C=O) groups excluding carboxylic acids is 3. The van der Waals surface area contributed by atoms with Crippen LogP contribution in [0.4, 0.5) is 5.69 Å². The van der Waals surface area contributed by atoms with Gasteiger partial charge in [0.05, 0.1) is 24.0 Å². The minimum atomic E-state index is -1.28. The molecule has 192 valence electrons. The van der Waals surface area contributed by atoms with Crippen LogP contribution in [0.2, 0.25) is 0 Å². The predicted molar refractivity (Wildman–Crippen MR) is 135 cm³/mol. The van der Waals surface area contributed by atoms with Crippen molar-refractivity contribution in [1.29, 1.82) is 0 Å². The number of anilines is 1. The van der Waals surface area contributed by atoms with E-state index >= 15 is 0 Å². The van der Waals surface area contributed by atoms with E-state index in [0.717, 1.165) is 24.9 Å². The van der Waals surface area contributed by atoms with E-state index in [1.807, 2.05) is 61.6 Å². The van der Waals surface area contributed by atoms with E-state index in [0.29, 0.717) is 19.6 Å². The van der Waals surface area contributed by atoms with Gasteiger partial charge < -0.3 is 24.5 Å². The van der Waals surface area contributed by atoms with Crippen molar-refractivity contribution in [3.63, 3.8) is 0 Å². The molecule has 36 heavy (non-hydrogen) atoms. The summed E-state index contributed by atoms with van der Waals surface area (Å²) in [5, 5.41) is 9.80. The van der Waals surface area contributed by atoms with Gasteiger partial charge in [0.1, 0.15) is 11.6 Å². The summed E-state index contributed by atoms with van der Waals surface area (Å²) in [5.74, 6) is -2.36. The van der Waals surface area contributed by atoms with Crippen LogP contribution >= 0.6 is 0 Å². The highest BCUT2D eigenvalue weighted by Crippen LogP contribution is 2.57. The topological polar surface area (TPSA) is 90.4 Å². The van der Waals surface area contributed by atoms with Crippen LogP contribution in [0, 0.1) is 11.8 Å². The molecule has 3 amide bonds. The third-order valence-corrected chi connectivity index (χ3v) is 8.08. The van der Waals surface area contributed by atoms with Crippen molar-refractivity contribution in [2.75, 3.05) is 37.7 Å². The molecule has 0 aliphatic carbocycles. The van der Waals surface area contributed by atoms with Crippen LogP contribution in [-0.2, 0) is 19.1 Å². The highest BCUT2D eigenvalue weighted by atomic mass is 16.5. The number of ether oxygens (including phenoxy) is 1. The summed E-state index contributed by atoms with van der Waals surface area (Å²) >= 11 is 0. The van der Waals surface area contributed by atoms with Gasteiger partial charge in [0.2, 0.25) is 17.7 Å². The lowest BCUT2D eigenvalue weighted by atomic mass is 9.74. The summed E-state index contributed by atoms with van der Waals surface area (Å²) < 4.78 is 6.76. The lowest BCUT2D eigenvalue weighted by Crippen LogP contribution is -2.56. The molecular weight excluding hydrogens is 458 g/mol. The Bertz CT molecular complexity index is 1090. The number of carbonyl (C=O) groups is 3. The summed E-state index contributed by atoms with van der Waals surface area (Å²) in [4.78, 5) is 47.0. The largest absolute Gasteiger partial charge is 0.395 e. The Morgan fingerprint density at radius 1 is 0.944 bits per heavy atom. The average Bonchev–Trinajstić information content (AvgIpc) is 3.13. The smallest absolute Gasteiger partial charge is 0.249 e. The van der Waals surface area contributed by atoms with E-state index in [1.54, 1.807) is 9.80 Å². The molecule has 0 radical (unpaired) electrons. The normalized spacial score (nSPS) is 33.5. The molecule has 4 aliphatic heterocycles. The summed E-state index contributed by atoms with van der Waals surface area (Å²) in [5.41, 5.74) is -1.57. The van der Waals surface area contributed by atoms with E-state index in [1.165, 1.54) is 4.90 Å². The van der Waals surface area contributed by atoms with E-state index in [2.05, 4.69) is 6.92 Å². The maximum absolute atomic E-state index is 14.1. The molecule has 1 aromatic carbocycles. The number of unbranched alkanes of at least 4 members (excludes halogenated alkanes) is 2. The standard InChI is InChI=1S/C28H35N3O5/c1-3-4-8-15-29-16-10-14-28-22(25(34)31(18-19-32)23(28)26(29)35)21-24(33)30(20-11-6-5-7-12-20)17-9-13-27(21,2)36-28/h5-7,9-14,21-23,32H,3-4,8,15-19H2,1-2H3/t21-,22+,23?,27+,28+/m1/s1. The number of aliphatic hydroxyl groups excluding tert-OH is 1. The van der Waals surface area contributed by atoms with Crippen LogP contribution < -0.4 is 4.90 Å². The third kappa shape index (κ3) is 3.69. The molecule has 0 bridgehead atoms. The van der Waals surface area contributed by atoms with Gasteiger partial charge in [-0.3, -0.25) is 14.4 Å². The molecule has 1 aromatic rings. The Morgan fingerprint density at radius 3 is 2.42 bits per heavy atom. The van der Waals surface area contributed by atoms with Gasteiger partial charge in [-0.2, -0.15) is 0 Å². The summed E-state index contributed by atoms with van der Waals surface area (Å²) in [6.45, 7) is 5.10. The summed E-state index contributed by atoms with van der Waals surface area (Å²) in [6.07, 6.45) is 10.5. The predicted octanol–water partition coefficient (Wildman–Crippen LogP) is 2.14. The number of fused-ring (bicyclic) bond motifs is 2. The lowest BCUT2D eigenvalue weighted by molar-refractivity contribution is -0.151. The van der Waals surface area contributed by atoms with Crippen LogP contribution in [0.15, 0.2) is 54.6 Å². The zero-order chi connectivity index (χ0) is 25.5. The Labute approximate surface area is 212 Å². The second kappa shape index (κ2) is 9.48. The molecule has 2 saturated heterocycles. The second-order valence-electron chi connectivity index (χ2n) is 10.3. The van der Waals surface area contributed by atoms with Crippen molar-refractivity contribution < 1.29 is 24.2 Å². The summed E-state index contributed by atoms with van der Waals surface area (Å²) in [7, 11) is 0. The van der Waals surface area contributed by atoms with Gasteiger partial charge in [-0.1, -0.05) is 62.3 Å². The van der Waals surface area contributed by atoms with Crippen LogP contribution in [0.1, 0.15) is 33.1 Å². The SMILES string of the molecule is CCCCCN1CC=C[C@]23O[C@@]4(C)C=CCN(c5ccccc5)C(=O)[C@H]4[C@H]2C(=O)N(CCO)C3C1=O. The molecule has 8 nitrogen and oxygen atoms in total. The molecule has 8 heteroatoms. The number of aliphatic hydroxyl groups is 1. The molecule has 1 spiro atoms. The van der Waals surface area contributed by atoms with E-state index in [9.17, 15) is 19.5 Å². The van der Waals surface area contributed by atoms with Gasteiger partial charge in [-0.15, -0.1) is 0 Å². The van der Waals surface area contributed by atoms with Gasteiger partial charge in [0.15, 0.2) is 0 Å². The fourth-order valence-electron chi connectivity index (χ4n) is 6.51. The molecule has 0 saturated carbocycles. The zero-order valence-electron chi connectivity index (χ0n) is 21.0. The fourth-order valence-corrected chi connectivity index (χ4v) is 6.51. The van der Waals surface area contributed by atoms with E-state index in [4.69, 9.17) is 4.74 Å². The average molecular weight is 494 g/mol. The highest BCUT2D eigenvalue weighted by molar-refractivity contribution is 6.04. The molecule has 4 aliphatic rings. The van der Waals surface area contributed by atoms with Crippen LogP contribution in [-0.4, -0.2) is 82.7 Å². The number of benzene rings is 1. The minimum absolute atomic E-state index is 0.0172. The second-order valence-corrected chi connectivity index (χ2v) is 10.3. The maximum Gasteiger partial charge on any atom is 0.249 e. The molecule has 5 rings (SSSR count). The monoisotopic (exact) mass is 493 g/mol. The van der Waals surface area contributed by atoms with Gasteiger partial charge in [0, 0.05) is 31.9 Å². The molecule has 1 N–H and O–H groups in total. The first-order chi connectivity index (χ1) is 17.4. The van der Waals surface area contributed by atoms with Crippen molar-refractivity contribution in [3.05, 3.63) is 54.6 Å². The number of likely N-dealkylation sites (tertiary alicyclic amines) is 1. The van der Waals surface area contributed by atoms with Gasteiger partial charge in [-0.05, 0) is 25.5 Å². The number of rotatable bonds is 7. The number of hydrogen-bond donors (Lipinski definition) is 1. The maximum atomic E-state index is 14.1. The number of β-amino-alcohol motifs (C(OH)–C–C–N with tert-alkyl or cyclic N) is 1. The third-order valence-electron chi connectivity index (χ3n) is 8.08. The first kappa shape index (κ1) is 24.7. The van der Waals surface area contributed by atoms with E-state index in [-0.39, 0.29) is 30.9 Å². The molecule has 4 heterocycles. The molecule has 5 atom stereocenters. The number of nitrogens with zero attached hydrogens (tertiary/aromatic N) is 3. The van der Waals surface area contributed by atoms with Crippen molar-refractivity contribution in [1.82, 2.24) is 9.80 Å². The Hall–Kier alpha value is -2.97. The fraction of sp³-hybridized carbons (Fsp3) is 0.536. The van der Waals surface area contributed by atoms with Crippen molar-refractivity contribution in [2.45, 2.75) is 50.4 Å². The molecule has 0 aromatic heterocycles. The molecule has 1 unspecified atom stereocenters. The Kier molecular flexibility index (Phi) is 6.51. The van der Waals surface area contributed by atoms with E-state index < -0.39 is 29.1 Å². The quantitative estimate of drug-likeness (QED) is 0.464.